The smallest absolute Gasteiger partial charge is 0.269 e. The van der Waals surface area contributed by atoms with Crippen molar-refractivity contribution in [2.75, 3.05) is 11.4 Å². The molecule has 0 radical (unpaired) electrons. The minimum atomic E-state index is -0.469. The van der Waals surface area contributed by atoms with E-state index in [-0.39, 0.29) is 11.7 Å². The molecule has 2 unspecified atom stereocenters. The number of hydrogen-bond donors (Lipinski definition) is 1. The molecular formula is C22H20ClN3O3. The van der Waals surface area contributed by atoms with Crippen molar-refractivity contribution in [2.45, 2.75) is 18.9 Å². The number of nitro benzene ring substituents is 1. The average molecular weight is 410 g/mol. The molecular weight excluding hydrogens is 390 g/mol. The normalized spacial score (nSPS) is 16.9. The average Bonchev–Trinajstić information content (AvgIpc) is 2.74. The first kappa shape index (κ1) is 19.4. The molecule has 1 heterocycles. The first-order valence-corrected chi connectivity index (χ1v) is 9.62. The van der Waals surface area contributed by atoms with Gasteiger partial charge < -0.3 is 15.4 Å². The molecule has 0 spiro atoms. The third-order valence-corrected chi connectivity index (χ3v) is 5.29. The lowest BCUT2D eigenvalue weighted by Crippen LogP contribution is -2.39. The Morgan fingerprint density at radius 2 is 1.90 bits per heavy atom. The molecule has 3 aromatic rings. The quantitative estimate of drug-likeness (QED) is 0.474. The maximum Gasteiger partial charge on any atom is 0.269 e. The highest BCUT2D eigenvalue weighted by molar-refractivity contribution is 6.30. The maximum absolute atomic E-state index is 11.2. The summed E-state index contributed by atoms with van der Waals surface area (Å²) in [5.41, 5.74) is 10.3. The zero-order valence-corrected chi connectivity index (χ0v) is 16.3. The summed E-state index contributed by atoms with van der Waals surface area (Å²) < 4.78 is 6.12. The van der Waals surface area contributed by atoms with Crippen molar-refractivity contribution in [3.63, 3.8) is 0 Å². The highest BCUT2D eigenvalue weighted by Crippen LogP contribution is 2.38. The molecule has 1 aliphatic rings. The van der Waals surface area contributed by atoms with Crippen LogP contribution < -0.4 is 10.6 Å². The van der Waals surface area contributed by atoms with Crippen LogP contribution in [0, 0.1) is 10.1 Å². The van der Waals surface area contributed by atoms with Crippen molar-refractivity contribution in [3.05, 3.63) is 105 Å². The zero-order chi connectivity index (χ0) is 20.4. The fourth-order valence-corrected chi connectivity index (χ4v) is 3.71. The van der Waals surface area contributed by atoms with Gasteiger partial charge in [0.05, 0.1) is 11.5 Å². The molecule has 0 amide bonds. The summed E-state index contributed by atoms with van der Waals surface area (Å²) in [4.78, 5) is 12.9. The predicted octanol–water partition coefficient (Wildman–Crippen LogP) is 4.98. The molecule has 6 nitrogen and oxygen atoms in total. The summed E-state index contributed by atoms with van der Waals surface area (Å²) in [5.74, 6) is 0. The van der Waals surface area contributed by atoms with E-state index in [9.17, 15) is 10.1 Å². The van der Waals surface area contributed by atoms with E-state index in [1.165, 1.54) is 6.07 Å². The summed E-state index contributed by atoms with van der Waals surface area (Å²) in [6.45, 7) is 0.905. The van der Waals surface area contributed by atoms with E-state index < -0.39 is 11.2 Å². The van der Waals surface area contributed by atoms with E-state index in [0.29, 0.717) is 18.2 Å². The second-order valence-corrected chi connectivity index (χ2v) is 7.39. The number of hydrogen-bond acceptors (Lipinski definition) is 5. The second-order valence-electron chi connectivity index (χ2n) is 6.95. The molecule has 0 aliphatic carbocycles. The van der Waals surface area contributed by atoms with Gasteiger partial charge in [0, 0.05) is 46.6 Å². The predicted molar refractivity (Wildman–Crippen MR) is 113 cm³/mol. The fraction of sp³-hybridized carbons (Fsp3) is 0.182. The molecule has 0 saturated carbocycles. The molecule has 2 atom stereocenters. The van der Waals surface area contributed by atoms with Gasteiger partial charge in [0.15, 0.2) is 6.23 Å². The lowest BCUT2D eigenvalue weighted by Gasteiger charge is -2.40. The van der Waals surface area contributed by atoms with E-state index >= 15 is 0 Å². The number of nitro groups is 1. The molecule has 148 valence electrons. The SMILES string of the molecule is NC(CN1c2ccccc2COC1c1cccc([N+](=O)[O-])c1)c1ccc(Cl)cc1. The third-order valence-electron chi connectivity index (χ3n) is 5.04. The molecule has 0 aromatic heterocycles. The fourth-order valence-electron chi connectivity index (χ4n) is 3.59. The van der Waals surface area contributed by atoms with Gasteiger partial charge in [0.2, 0.25) is 0 Å². The van der Waals surface area contributed by atoms with Crippen molar-refractivity contribution >= 4 is 23.0 Å². The second kappa shape index (κ2) is 8.21. The number of benzene rings is 3. The first-order valence-electron chi connectivity index (χ1n) is 9.24. The maximum atomic E-state index is 11.2. The number of nitrogens with two attached hydrogens (primary N) is 1. The van der Waals surface area contributed by atoms with Crippen LogP contribution in [0.4, 0.5) is 11.4 Å². The Kier molecular flexibility index (Phi) is 5.49. The van der Waals surface area contributed by atoms with Gasteiger partial charge in [-0.05, 0) is 23.8 Å². The number of non-ortho nitro benzene ring substituents is 1. The first-order chi connectivity index (χ1) is 14.0. The summed E-state index contributed by atoms with van der Waals surface area (Å²) in [6.07, 6.45) is -0.469. The van der Waals surface area contributed by atoms with Gasteiger partial charge >= 0.3 is 0 Å². The van der Waals surface area contributed by atoms with E-state index in [1.54, 1.807) is 12.1 Å². The van der Waals surface area contributed by atoms with E-state index in [1.807, 2.05) is 54.6 Å². The van der Waals surface area contributed by atoms with Crippen LogP contribution >= 0.6 is 11.6 Å². The number of nitrogens with zero attached hydrogens (tertiary/aromatic N) is 2. The Balaban J connectivity index is 1.70. The number of ether oxygens (including phenoxy) is 1. The molecule has 29 heavy (non-hydrogen) atoms. The van der Waals surface area contributed by atoms with Gasteiger partial charge in [-0.1, -0.05) is 54.1 Å². The topological polar surface area (TPSA) is 81.6 Å². The van der Waals surface area contributed by atoms with Crippen molar-refractivity contribution in [1.82, 2.24) is 0 Å². The lowest BCUT2D eigenvalue weighted by molar-refractivity contribution is -0.385. The summed E-state index contributed by atoms with van der Waals surface area (Å²) >= 11 is 5.99. The van der Waals surface area contributed by atoms with Crippen LogP contribution in [-0.2, 0) is 11.3 Å². The summed E-state index contributed by atoms with van der Waals surface area (Å²) in [7, 11) is 0. The van der Waals surface area contributed by atoms with Gasteiger partial charge in [-0.3, -0.25) is 10.1 Å². The summed E-state index contributed by atoms with van der Waals surface area (Å²) in [5, 5.41) is 11.9. The molecule has 4 rings (SSSR count). The molecule has 0 saturated heterocycles. The van der Waals surface area contributed by atoms with Crippen LogP contribution in [0.3, 0.4) is 0 Å². The van der Waals surface area contributed by atoms with Crippen LogP contribution in [0.25, 0.3) is 0 Å². The van der Waals surface area contributed by atoms with E-state index in [4.69, 9.17) is 22.1 Å². The van der Waals surface area contributed by atoms with Crippen LogP contribution in [0.15, 0.2) is 72.8 Å². The minimum Gasteiger partial charge on any atom is -0.349 e. The molecule has 3 aromatic carbocycles. The molecule has 1 aliphatic heterocycles. The van der Waals surface area contributed by atoms with Crippen LogP contribution in [0.1, 0.15) is 29.0 Å². The Bertz CT molecular complexity index is 1030. The van der Waals surface area contributed by atoms with E-state index in [0.717, 1.165) is 22.4 Å². The molecule has 7 heteroatoms. The number of rotatable bonds is 5. The van der Waals surface area contributed by atoms with Crippen molar-refractivity contribution in [3.8, 4) is 0 Å². The van der Waals surface area contributed by atoms with Gasteiger partial charge in [0.1, 0.15) is 0 Å². The van der Waals surface area contributed by atoms with Gasteiger partial charge in [-0.25, -0.2) is 0 Å². The molecule has 2 N–H and O–H groups in total. The van der Waals surface area contributed by atoms with Crippen molar-refractivity contribution < 1.29 is 9.66 Å². The van der Waals surface area contributed by atoms with Gasteiger partial charge in [0.25, 0.3) is 5.69 Å². The number of halogens is 1. The van der Waals surface area contributed by atoms with Crippen LogP contribution in [0.5, 0.6) is 0 Å². The Labute approximate surface area is 173 Å². The highest BCUT2D eigenvalue weighted by Gasteiger charge is 2.30. The zero-order valence-electron chi connectivity index (χ0n) is 15.6. The Morgan fingerprint density at radius 3 is 2.66 bits per heavy atom. The lowest BCUT2D eigenvalue weighted by atomic mass is 10.0. The highest BCUT2D eigenvalue weighted by atomic mass is 35.5. The third kappa shape index (κ3) is 4.10. The standard InChI is InChI=1S/C22H20ClN3O3/c23-18-10-8-15(9-11-18)20(24)13-25-21-7-2-1-4-17(21)14-29-22(25)16-5-3-6-19(12-16)26(27)28/h1-12,20,22H,13-14,24H2. The Morgan fingerprint density at radius 1 is 1.14 bits per heavy atom. The summed E-state index contributed by atoms with van der Waals surface area (Å²) in [6, 6.07) is 21.7. The van der Waals surface area contributed by atoms with Gasteiger partial charge in [-0.15, -0.1) is 0 Å². The van der Waals surface area contributed by atoms with Gasteiger partial charge in [-0.2, -0.15) is 0 Å². The minimum absolute atomic E-state index is 0.0342. The van der Waals surface area contributed by atoms with E-state index in [2.05, 4.69) is 4.90 Å². The van der Waals surface area contributed by atoms with Crippen molar-refractivity contribution in [1.29, 1.82) is 0 Å². The van der Waals surface area contributed by atoms with Crippen LogP contribution in [0.2, 0.25) is 5.02 Å². The monoisotopic (exact) mass is 409 g/mol. The number of anilines is 1. The van der Waals surface area contributed by atoms with Crippen molar-refractivity contribution in [2.24, 2.45) is 5.73 Å². The number of para-hydroxylation sites is 1. The molecule has 0 bridgehead atoms. The largest absolute Gasteiger partial charge is 0.349 e. The Hall–Kier alpha value is -2.93. The van der Waals surface area contributed by atoms with Crippen LogP contribution in [-0.4, -0.2) is 11.5 Å². The number of fused-ring (bicyclic) bond motifs is 1. The molecule has 0 fully saturated rings.